The molecule has 0 radical (unpaired) electrons. The average molecular weight is 348 g/mol. The second kappa shape index (κ2) is 7.92. The fourth-order valence-electron chi connectivity index (χ4n) is 2.47. The second-order valence-corrected chi connectivity index (χ2v) is 7.00. The highest BCUT2D eigenvalue weighted by Gasteiger charge is 2.22. The molecule has 22 heavy (non-hydrogen) atoms. The van der Waals surface area contributed by atoms with Gasteiger partial charge in [-0.1, -0.05) is 6.07 Å². The smallest absolute Gasteiger partial charge is 0.240 e. The van der Waals surface area contributed by atoms with Crippen molar-refractivity contribution in [1.29, 1.82) is 0 Å². The van der Waals surface area contributed by atoms with Crippen LogP contribution in [0.15, 0.2) is 23.1 Å². The minimum absolute atomic E-state index is 0. The molecule has 1 aliphatic heterocycles. The van der Waals surface area contributed by atoms with E-state index in [1.54, 1.807) is 19.1 Å². The van der Waals surface area contributed by atoms with E-state index in [9.17, 15) is 13.2 Å². The molecule has 0 bridgehead atoms. The van der Waals surface area contributed by atoms with E-state index in [1.165, 1.54) is 13.1 Å². The molecule has 8 heteroatoms. The number of piperidine rings is 1. The Morgan fingerprint density at radius 1 is 1.27 bits per heavy atom. The lowest BCUT2D eigenvalue weighted by Gasteiger charge is -2.22. The highest BCUT2D eigenvalue weighted by Crippen LogP contribution is 2.24. The van der Waals surface area contributed by atoms with E-state index in [1.807, 2.05) is 0 Å². The highest BCUT2D eigenvalue weighted by atomic mass is 35.5. The van der Waals surface area contributed by atoms with Crippen molar-refractivity contribution in [1.82, 2.24) is 10.0 Å². The van der Waals surface area contributed by atoms with Gasteiger partial charge >= 0.3 is 0 Å². The first-order chi connectivity index (χ1) is 9.95. The van der Waals surface area contributed by atoms with Crippen molar-refractivity contribution in [3.05, 3.63) is 23.8 Å². The van der Waals surface area contributed by atoms with Crippen LogP contribution in [-0.2, 0) is 14.8 Å². The van der Waals surface area contributed by atoms with E-state index in [-0.39, 0.29) is 29.1 Å². The molecule has 6 nitrogen and oxygen atoms in total. The molecule has 0 aliphatic carbocycles. The van der Waals surface area contributed by atoms with E-state index < -0.39 is 10.0 Å². The normalized spacial score (nSPS) is 15.9. The van der Waals surface area contributed by atoms with Gasteiger partial charge < -0.3 is 10.6 Å². The second-order valence-electron chi connectivity index (χ2n) is 5.15. The highest BCUT2D eigenvalue weighted by molar-refractivity contribution is 7.89. The Morgan fingerprint density at radius 2 is 1.91 bits per heavy atom. The number of nitrogens with one attached hydrogen (secondary N) is 3. The average Bonchev–Trinajstić information content (AvgIpc) is 2.50. The Kier molecular flexibility index (Phi) is 6.80. The SMILES string of the molecule is CNS(=O)(=O)c1cccc(NC(=O)C2CCNCC2)c1C.Cl. The molecule has 0 saturated carbocycles. The number of hydrogen-bond donors (Lipinski definition) is 3. The predicted molar refractivity (Wildman–Crippen MR) is 88.9 cm³/mol. The van der Waals surface area contributed by atoms with Gasteiger partial charge in [0.2, 0.25) is 15.9 Å². The van der Waals surface area contributed by atoms with Crippen molar-refractivity contribution in [2.24, 2.45) is 5.92 Å². The quantitative estimate of drug-likeness (QED) is 0.765. The zero-order valence-corrected chi connectivity index (χ0v) is 14.3. The molecule has 1 saturated heterocycles. The van der Waals surface area contributed by atoms with Gasteiger partial charge in [-0.15, -0.1) is 12.4 Å². The van der Waals surface area contributed by atoms with Crippen molar-refractivity contribution < 1.29 is 13.2 Å². The summed E-state index contributed by atoms with van der Waals surface area (Å²) < 4.78 is 26.2. The molecular formula is C14H22ClN3O3S. The largest absolute Gasteiger partial charge is 0.326 e. The molecule has 2 rings (SSSR count). The summed E-state index contributed by atoms with van der Waals surface area (Å²) >= 11 is 0. The summed E-state index contributed by atoms with van der Waals surface area (Å²) in [6, 6.07) is 4.89. The van der Waals surface area contributed by atoms with Crippen LogP contribution < -0.4 is 15.4 Å². The van der Waals surface area contributed by atoms with Gasteiger partial charge in [-0.2, -0.15) is 0 Å². The van der Waals surface area contributed by atoms with Gasteiger partial charge in [0, 0.05) is 11.6 Å². The monoisotopic (exact) mass is 347 g/mol. The maximum absolute atomic E-state index is 12.2. The lowest BCUT2D eigenvalue weighted by molar-refractivity contribution is -0.120. The van der Waals surface area contributed by atoms with E-state index >= 15 is 0 Å². The maximum Gasteiger partial charge on any atom is 0.240 e. The lowest BCUT2D eigenvalue weighted by atomic mass is 9.97. The number of halogens is 1. The molecule has 1 amide bonds. The van der Waals surface area contributed by atoms with E-state index in [0.717, 1.165) is 25.9 Å². The van der Waals surface area contributed by atoms with Crippen LogP contribution in [0.5, 0.6) is 0 Å². The summed E-state index contributed by atoms with van der Waals surface area (Å²) in [5.74, 6) is -0.0613. The molecule has 3 N–H and O–H groups in total. The molecule has 1 heterocycles. The first-order valence-corrected chi connectivity index (χ1v) is 8.49. The van der Waals surface area contributed by atoms with Crippen LogP contribution in [0.25, 0.3) is 0 Å². The number of amides is 1. The standard InChI is InChI=1S/C14H21N3O3S.ClH/c1-10-12(4-3-5-13(10)21(19,20)15-2)17-14(18)11-6-8-16-9-7-11;/h3-5,11,15-16H,6-9H2,1-2H3,(H,17,18);1H. The van der Waals surface area contributed by atoms with Crippen molar-refractivity contribution in [3.63, 3.8) is 0 Å². The van der Waals surface area contributed by atoms with E-state index in [4.69, 9.17) is 0 Å². The van der Waals surface area contributed by atoms with Crippen molar-refractivity contribution in [2.75, 3.05) is 25.5 Å². The Hall–Kier alpha value is -1.15. The third-order valence-corrected chi connectivity index (χ3v) is 5.37. The first-order valence-electron chi connectivity index (χ1n) is 7.00. The van der Waals surface area contributed by atoms with Crippen LogP contribution >= 0.6 is 12.4 Å². The van der Waals surface area contributed by atoms with Gasteiger partial charge in [0.1, 0.15) is 0 Å². The Bertz CT molecular complexity index is 628. The van der Waals surface area contributed by atoms with Gasteiger partial charge in [0.05, 0.1) is 4.90 Å². The van der Waals surface area contributed by atoms with Gasteiger partial charge in [0.15, 0.2) is 0 Å². The number of rotatable bonds is 4. The van der Waals surface area contributed by atoms with E-state index in [0.29, 0.717) is 11.3 Å². The molecule has 0 aromatic heterocycles. The molecule has 0 spiro atoms. The van der Waals surface area contributed by atoms with Crippen molar-refractivity contribution >= 4 is 34.0 Å². The molecule has 0 atom stereocenters. The first kappa shape index (κ1) is 18.9. The lowest BCUT2D eigenvalue weighted by Crippen LogP contribution is -2.34. The third-order valence-electron chi connectivity index (χ3n) is 3.81. The van der Waals surface area contributed by atoms with Crippen LogP contribution in [0.1, 0.15) is 18.4 Å². The Morgan fingerprint density at radius 3 is 2.50 bits per heavy atom. The topological polar surface area (TPSA) is 87.3 Å². The molecule has 1 aliphatic rings. The Labute approximate surface area is 137 Å². The minimum atomic E-state index is -3.52. The number of anilines is 1. The van der Waals surface area contributed by atoms with E-state index in [2.05, 4.69) is 15.4 Å². The summed E-state index contributed by atoms with van der Waals surface area (Å²) in [6.07, 6.45) is 1.61. The Balaban J connectivity index is 0.00000242. The fraction of sp³-hybridized carbons (Fsp3) is 0.500. The molecule has 124 valence electrons. The fourth-order valence-corrected chi connectivity index (χ4v) is 3.46. The van der Waals surface area contributed by atoms with Gasteiger partial charge in [-0.25, -0.2) is 13.1 Å². The molecule has 1 aromatic carbocycles. The molecule has 1 fully saturated rings. The number of hydrogen-bond acceptors (Lipinski definition) is 4. The number of benzene rings is 1. The third kappa shape index (κ3) is 4.19. The maximum atomic E-state index is 12.2. The predicted octanol–water partition coefficient (Wildman–Crippen LogP) is 1.26. The van der Waals surface area contributed by atoms with Crippen LogP contribution in [0.2, 0.25) is 0 Å². The summed E-state index contributed by atoms with van der Waals surface area (Å²) in [5.41, 5.74) is 1.10. The zero-order valence-electron chi connectivity index (χ0n) is 12.7. The van der Waals surface area contributed by atoms with Crippen LogP contribution in [0, 0.1) is 12.8 Å². The summed E-state index contributed by atoms with van der Waals surface area (Å²) in [6.45, 7) is 3.37. The van der Waals surface area contributed by atoms with Crippen LogP contribution in [0.4, 0.5) is 5.69 Å². The van der Waals surface area contributed by atoms with Crippen LogP contribution in [-0.4, -0.2) is 34.5 Å². The van der Waals surface area contributed by atoms with Crippen LogP contribution in [0.3, 0.4) is 0 Å². The van der Waals surface area contributed by atoms with Crippen molar-refractivity contribution in [2.45, 2.75) is 24.7 Å². The summed E-state index contributed by atoms with van der Waals surface area (Å²) in [5, 5.41) is 6.07. The number of sulfonamides is 1. The zero-order chi connectivity index (χ0) is 15.5. The molecular weight excluding hydrogens is 326 g/mol. The van der Waals surface area contributed by atoms with Gasteiger partial charge in [0.25, 0.3) is 0 Å². The van der Waals surface area contributed by atoms with Crippen molar-refractivity contribution in [3.8, 4) is 0 Å². The number of carbonyl (C=O) groups excluding carboxylic acids is 1. The van der Waals surface area contributed by atoms with Gasteiger partial charge in [-0.05, 0) is 57.6 Å². The molecule has 1 aromatic rings. The minimum Gasteiger partial charge on any atom is -0.326 e. The molecule has 0 unspecified atom stereocenters. The van der Waals surface area contributed by atoms with Gasteiger partial charge in [-0.3, -0.25) is 4.79 Å². The summed E-state index contributed by atoms with van der Waals surface area (Å²) in [7, 11) is -2.15. The summed E-state index contributed by atoms with van der Waals surface area (Å²) in [4.78, 5) is 12.4. The number of carbonyl (C=O) groups is 1.